The molecule has 1 aliphatic carbocycles. The van der Waals surface area contributed by atoms with E-state index in [4.69, 9.17) is 21.1 Å². The van der Waals surface area contributed by atoms with E-state index in [0.717, 1.165) is 0 Å². The Morgan fingerprint density at radius 3 is 2.88 bits per heavy atom. The fraction of sp³-hybridized carbons (Fsp3) is 0.571. The summed E-state index contributed by atoms with van der Waals surface area (Å²) in [5, 5.41) is -0.0961. The smallest absolute Gasteiger partial charge is 0.101 e. The van der Waals surface area contributed by atoms with Crippen LogP contribution in [0.15, 0.2) is 18.2 Å². The molecule has 1 fully saturated rings. The zero-order chi connectivity index (χ0) is 11.7. The molecular formula is C14H17ClO2. The van der Waals surface area contributed by atoms with Gasteiger partial charge in [-0.15, -0.1) is 11.6 Å². The van der Waals surface area contributed by atoms with Gasteiger partial charge in [0.05, 0.1) is 25.2 Å². The number of alkyl halides is 1. The van der Waals surface area contributed by atoms with Crippen molar-refractivity contribution in [2.45, 2.75) is 30.7 Å². The molecule has 2 aliphatic rings. The summed E-state index contributed by atoms with van der Waals surface area (Å²) in [5.74, 6) is 0. The normalized spacial score (nSPS) is 25.6. The van der Waals surface area contributed by atoms with Crippen molar-refractivity contribution in [1.82, 2.24) is 0 Å². The predicted molar refractivity (Wildman–Crippen MR) is 67.6 cm³/mol. The van der Waals surface area contributed by atoms with Gasteiger partial charge in [-0.1, -0.05) is 18.2 Å². The fourth-order valence-corrected chi connectivity index (χ4v) is 2.93. The molecule has 0 spiro atoms. The first kappa shape index (κ1) is 11.5. The Balaban J connectivity index is 1.78. The van der Waals surface area contributed by atoms with E-state index in [2.05, 4.69) is 18.2 Å². The van der Waals surface area contributed by atoms with Crippen LogP contribution >= 0.6 is 11.6 Å². The number of rotatable bonds is 2. The second kappa shape index (κ2) is 4.97. The number of halogens is 1. The molecular weight excluding hydrogens is 236 g/mol. The Morgan fingerprint density at radius 2 is 2.06 bits per heavy atom. The summed E-state index contributed by atoms with van der Waals surface area (Å²) in [6.45, 7) is 1.94. The van der Waals surface area contributed by atoms with Gasteiger partial charge < -0.3 is 9.47 Å². The van der Waals surface area contributed by atoms with Gasteiger partial charge >= 0.3 is 0 Å². The average molecular weight is 253 g/mol. The minimum absolute atomic E-state index is 0.00938. The third-order valence-corrected chi connectivity index (χ3v) is 4.14. The topological polar surface area (TPSA) is 18.5 Å². The van der Waals surface area contributed by atoms with Crippen molar-refractivity contribution >= 4 is 11.6 Å². The molecule has 92 valence electrons. The average Bonchev–Trinajstić information content (AvgIpc) is 2.86. The standard InChI is InChI=1S/C14H17ClO2/c15-14(13-9-16-6-7-17-13)12-5-4-10-2-1-3-11(10)8-12/h4-5,8,13-14H,1-3,6-7,9H2. The van der Waals surface area contributed by atoms with Gasteiger partial charge in [0.25, 0.3) is 0 Å². The highest BCUT2D eigenvalue weighted by molar-refractivity contribution is 6.21. The summed E-state index contributed by atoms with van der Waals surface area (Å²) in [7, 11) is 0. The van der Waals surface area contributed by atoms with Crippen LogP contribution in [0.4, 0.5) is 0 Å². The van der Waals surface area contributed by atoms with Crippen LogP contribution in [-0.2, 0) is 22.3 Å². The van der Waals surface area contributed by atoms with Crippen LogP contribution in [0.25, 0.3) is 0 Å². The van der Waals surface area contributed by atoms with Crippen molar-refractivity contribution in [3.05, 3.63) is 34.9 Å². The third-order valence-electron chi connectivity index (χ3n) is 3.61. The molecule has 17 heavy (non-hydrogen) atoms. The van der Waals surface area contributed by atoms with E-state index in [-0.39, 0.29) is 11.5 Å². The zero-order valence-corrected chi connectivity index (χ0v) is 10.6. The number of hydrogen-bond acceptors (Lipinski definition) is 2. The van der Waals surface area contributed by atoms with Gasteiger partial charge in [-0.05, 0) is 36.0 Å². The number of benzene rings is 1. The molecule has 1 aromatic carbocycles. The molecule has 3 rings (SSSR count). The molecule has 0 bridgehead atoms. The molecule has 2 nitrogen and oxygen atoms in total. The van der Waals surface area contributed by atoms with Gasteiger partial charge in [0, 0.05) is 0 Å². The first-order valence-electron chi connectivity index (χ1n) is 6.30. The zero-order valence-electron chi connectivity index (χ0n) is 9.82. The second-order valence-corrected chi connectivity index (χ2v) is 5.24. The summed E-state index contributed by atoms with van der Waals surface area (Å²) >= 11 is 6.48. The van der Waals surface area contributed by atoms with Crippen molar-refractivity contribution < 1.29 is 9.47 Å². The quantitative estimate of drug-likeness (QED) is 0.754. The Labute approximate surface area is 107 Å². The van der Waals surface area contributed by atoms with Crippen LogP contribution in [-0.4, -0.2) is 25.9 Å². The highest BCUT2D eigenvalue weighted by Crippen LogP contribution is 2.31. The summed E-state index contributed by atoms with van der Waals surface area (Å²) in [5.41, 5.74) is 4.12. The van der Waals surface area contributed by atoms with E-state index >= 15 is 0 Å². The molecule has 1 saturated heterocycles. The SMILES string of the molecule is ClC(c1ccc2c(c1)CCC2)C1COCCO1. The van der Waals surface area contributed by atoms with Crippen molar-refractivity contribution in [1.29, 1.82) is 0 Å². The van der Waals surface area contributed by atoms with Gasteiger partial charge in [0.15, 0.2) is 0 Å². The van der Waals surface area contributed by atoms with Crippen molar-refractivity contribution in [3.8, 4) is 0 Å². The van der Waals surface area contributed by atoms with Gasteiger partial charge in [-0.2, -0.15) is 0 Å². The van der Waals surface area contributed by atoms with Crippen LogP contribution < -0.4 is 0 Å². The van der Waals surface area contributed by atoms with E-state index in [0.29, 0.717) is 19.8 Å². The lowest BCUT2D eigenvalue weighted by Gasteiger charge is -2.27. The molecule has 1 aromatic rings. The molecule has 0 radical (unpaired) electrons. The van der Waals surface area contributed by atoms with E-state index in [1.165, 1.54) is 36.0 Å². The molecule has 1 aliphatic heterocycles. The van der Waals surface area contributed by atoms with Crippen molar-refractivity contribution in [2.24, 2.45) is 0 Å². The monoisotopic (exact) mass is 252 g/mol. The predicted octanol–water partition coefficient (Wildman–Crippen LogP) is 2.87. The molecule has 0 N–H and O–H groups in total. The number of hydrogen-bond donors (Lipinski definition) is 0. The minimum Gasteiger partial charge on any atom is -0.376 e. The molecule has 0 amide bonds. The largest absolute Gasteiger partial charge is 0.376 e. The maximum atomic E-state index is 6.48. The molecule has 2 unspecified atom stereocenters. The van der Waals surface area contributed by atoms with Gasteiger partial charge in [0.1, 0.15) is 6.10 Å². The van der Waals surface area contributed by atoms with Crippen LogP contribution in [0.5, 0.6) is 0 Å². The van der Waals surface area contributed by atoms with Gasteiger partial charge in [0.2, 0.25) is 0 Å². The van der Waals surface area contributed by atoms with Crippen LogP contribution in [0.2, 0.25) is 0 Å². The lowest BCUT2D eigenvalue weighted by molar-refractivity contribution is -0.0892. The highest BCUT2D eigenvalue weighted by atomic mass is 35.5. The van der Waals surface area contributed by atoms with Gasteiger partial charge in [-0.3, -0.25) is 0 Å². The molecule has 1 heterocycles. The Hall–Kier alpha value is -0.570. The maximum absolute atomic E-state index is 6.48. The van der Waals surface area contributed by atoms with E-state index in [1.807, 2.05) is 0 Å². The summed E-state index contributed by atoms with van der Waals surface area (Å²) in [6, 6.07) is 6.61. The molecule has 2 atom stereocenters. The first-order valence-corrected chi connectivity index (χ1v) is 6.73. The summed E-state index contributed by atoms with van der Waals surface area (Å²) < 4.78 is 11.1. The maximum Gasteiger partial charge on any atom is 0.101 e. The fourth-order valence-electron chi connectivity index (χ4n) is 2.65. The second-order valence-electron chi connectivity index (χ2n) is 4.77. The first-order chi connectivity index (χ1) is 8.34. The molecule has 0 saturated carbocycles. The Morgan fingerprint density at radius 1 is 1.18 bits per heavy atom. The Kier molecular flexibility index (Phi) is 3.37. The van der Waals surface area contributed by atoms with Crippen molar-refractivity contribution in [2.75, 3.05) is 19.8 Å². The number of fused-ring (bicyclic) bond motifs is 1. The van der Waals surface area contributed by atoms with Crippen LogP contribution in [0.3, 0.4) is 0 Å². The lowest BCUT2D eigenvalue weighted by Crippen LogP contribution is -2.31. The lowest BCUT2D eigenvalue weighted by atomic mass is 10.0. The minimum atomic E-state index is -0.0961. The van der Waals surface area contributed by atoms with E-state index < -0.39 is 0 Å². The highest BCUT2D eigenvalue weighted by Gasteiger charge is 2.25. The number of aryl methyl sites for hydroxylation is 2. The van der Waals surface area contributed by atoms with E-state index in [9.17, 15) is 0 Å². The van der Waals surface area contributed by atoms with Crippen LogP contribution in [0.1, 0.15) is 28.5 Å². The molecule has 0 aromatic heterocycles. The van der Waals surface area contributed by atoms with Crippen molar-refractivity contribution in [3.63, 3.8) is 0 Å². The Bertz CT molecular complexity index is 399. The number of ether oxygens (including phenoxy) is 2. The van der Waals surface area contributed by atoms with Gasteiger partial charge in [-0.25, -0.2) is 0 Å². The van der Waals surface area contributed by atoms with Crippen LogP contribution in [0, 0.1) is 0 Å². The third kappa shape index (κ3) is 2.35. The molecule has 3 heteroatoms. The summed E-state index contributed by atoms with van der Waals surface area (Å²) in [4.78, 5) is 0. The summed E-state index contributed by atoms with van der Waals surface area (Å²) in [6.07, 6.45) is 3.67. The van der Waals surface area contributed by atoms with E-state index in [1.54, 1.807) is 0 Å².